The third kappa shape index (κ3) is 7.16. The SMILES string of the molecule is CCCCC(CC(N)=O)[C@H](N)C(=O)O.Cl. The van der Waals surface area contributed by atoms with E-state index in [2.05, 4.69) is 0 Å². The summed E-state index contributed by atoms with van der Waals surface area (Å²) in [6.45, 7) is 1.99. The molecule has 0 radical (unpaired) electrons. The highest BCUT2D eigenvalue weighted by Gasteiger charge is 2.24. The molecule has 0 aliphatic carbocycles. The van der Waals surface area contributed by atoms with Crippen LogP contribution < -0.4 is 11.5 Å². The quantitative estimate of drug-likeness (QED) is 0.600. The molecular weight excluding hydrogens is 220 g/mol. The summed E-state index contributed by atoms with van der Waals surface area (Å²) in [7, 11) is 0. The van der Waals surface area contributed by atoms with Gasteiger partial charge in [0, 0.05) is 6.42 Å². The second-order valence-corrected chi connectivity index (χ2v) is 3.44. The van der Waals surface area contributed by atoms with Crippen molar-refractivity contribution >= 4 is 24.3 Å². The zero-order valence-corrected chi connectivity index (χ0v) is 9.63. The van der Waals surface area contributed by atoms with Crippen molar-refractivity contribution in [3.63, 3.8) is 0 Å². The van der Waals surface area contributed by atoms with Crippen molar-refractivity contribution in [2.45, 2.75) is 38.6 Å². The van der Waals surface area contributed by atoms with Crippen LogP contribution in [0.1, 0.15) is 32.6 Å². The van der Waals surface area contributed by atoms with E-state index in [0.717, 1.165) is 12.8 Å². The summed E-state index contributed by atoms with van der Waals surface area (Å²) in [6, 6.07) is -0.992. The second kappa shape index (κ2) is 8.49. The number of amides is 1. The maximum atomic E-state index is 10.7. The Morgan fingerprint density at radius 1 is 1.40 bits per heavy atom. The van der Waals surface area contributed by atoms with Crippen LogP contribution in [0.4, 0.5) is 0 Å². The number of rotatable bonds is 7. The number of carbonyl (C=O) groups is 2. The summed E-state index contributed by atoms with van der Waals surface area (Å²) >= 11 is 0. The van der Waals surface area contributed by atoms with Gasteiger partial charge in [-0.3, -0.25) is 9.59 Å². The molecule has 0 aromatic rings. The number of halogens is 1. The van der Waals surface area contributed by atoms with Gasteiger partial charge in [-0.25, -0.2) is 0 Å². The van der Waals surface area contributed by atoms with E-state index in [0.29, 0.717) is 6.42 Å². The van der Waals surface area contributed by atoms with Gasteiger partial charge in [0.25, 0.3) is 0 Å². The molecule has 0 aliphatic heterocycles. The molecule has 5 N–H and O–H groups in total. The van der Waals surface area contributed by atoms with Gasteiger partial charge in [0.15, 0.2) is 0 Å². The number of carbonyl (C=O) groups excluding carboxylic acids is 1. The minimum Gasteiger partial charge on any atom is -0.480 e. The molecule has 1 amide bonds. The number of nitrogens with two attached hydrogens (primary N) is 2. The molecule has 15 heavy (non-hydrogen) atoms. The van der Waals surface area contributed by atoms with Gasteiger partial charge in [-0.2, -0.15) is 0 Å². The first-order valence-electron chi connectivity index (χ1n) is 4.75. The molecule has 1 unspecified atom stereocenters. The molecule has 0 saturated heterocycles. The number of primary amides is 1. The van der Waals surface area contributed by atoms with Crippen molar-refractivity contribution in [2.75, 3.05) is 0 Å². The number of carboxylic acids is 1. The average molecular weight is 239 g/mol. The molecule has 0 bridgehead atoms. The van der Waals surface area contributed by atoms with E-state index >= 15 is 0 Å². The lowest BCUT2D eigenvalue weighted by molar-refractivity contribution is -0.140. The maximum Gasteiger partial charge on any atom is 0.320 e. The number of aliphatic carboxylic acids is 1. The van der Waals surface area contributed by atoms with Crippen molar-refractivity contribution < 1.29 is 14.7 Å². The molecule has 0 aliphatic rings. The summed E-state index contributed by atoms with van der Waals surface area (Å²) in [5.41, 5.74) is 10.5. The molecule has 0 aromatic heterocycles. The van der Waals surface area contributed by atoms with Crippen LogP contribution in [0.25, 0.3) is 0 Å². The van der Waals surface area contributed by atoms with E-state index in [-0.39, 0.29) is 24.7 Å². The number of carboxylic acid groups (broad SMARTS) is 1. The fourth-order valence-electron chi connectivity index (χ4n) is 1.33. The Kier molecular flexibility index (Phi) is 9.41. The Hall–Kier alpha value is -0.810. The summed E-state index contributed by atoms with van der Waals surface area (Å²) in [4.78, 5) is 21.3. The summed E-state index contributed by atoms with van der Waals surface area (Å²) < 4.78 is 0. The molecule has 0 heterocycles. The standard InChI is InChI=1S/C9H18N2O3.ClH/c1-2-3-4-6(5-7(10)12)8(11)9(13)14;/h6,8H,2-5,11H2,1H3,(H2,10,12)(H,13,14);1H/t6?,8-;/m0./s1. The third-order valence-electron chi connectivity index (χ3n) is 2.18. The Bertz CT molecular complexity index is 212. The molecule has 0 saturated carbocycles. The van der Waals surface area contributed by atoms with Gasteiger partial charge in [-0.1, -0.05) is 19.8 Å². The maximum absolute atomic E-state index is 10.7. The van der Waals surface area contributed by atoms with Crippen LogP contribution in [0, 0.1) is 5.92 Å². The van der Waals surface area contributed by atoms with Crippen LogP contribution in [0.2, 0.25) is 0 Å². The zero-order chi connectivity index (χ0) is 11.1. The molecule has 6 heteroatoms. The van der Waals surface area contributed by atoms with E-state index in [9.17, 15) is 9.59 Å². The molecule has 2 atom stereocenters. The molecule has 0 spiro atoms. The Balaban J connectivity index is 0. The lowest BCUT2D eigenvalue weighted by Crippen LogP contribution is -2.39. The summed E-state index contributed by atoms with van der Waals surface area (Å²) in [6.07, 6.45) is 2.49. The lowest BCUT2D eigenvalue weighted by Gasteiger charge is -2.18. The molecule has 90 valence electrons. The van der Waals surface area contributed by atoms with Crippen LogP contribution >= 0.6 is 12.4 Å². The van der Waals surface area contributed by atoms with E-state index in [1.54, 1.807) is 0 Å². The predicted molar refractivity (Wildman–Crippen MR) is 59.7 cm³/mol. The van der Waals surface area contributed by atoms with E-state index < -0.39 is 17.9 Å². The highest BCUT2D eigenvalue weighted by Crippen LogP contribution is 2.15. The highest BCUT2D eigenvalue weighted by molar-refractivity contribution is 5.85. The first kappa shape index (κ1) is 16.6. The summed E-state index contributed by atoms with van der Waals surface area (Å²) in [5.74, 6) is -1.92. The predicted octanol–water partition coefficient (Wildman–Crippen LogP) is 0.502. The molecule has 0 aromatic carbocycles. The van der Waals surface area contributed by atoms with Gasteiger partial charge >= 0.3 is 5.97 Å². The van der Waals surface area contributed by atoms with Crippen molar-refractivity contribution in [2.24, 2.45) is 17.4 Å². The first-order chi connectivity index (χ1) is 6.49. The summed E-state index contributed by atoms with van der Waals surface area (Å²) in [5, 5.41) is 8.69. The smallest absolute Gasteiger partial charge is 0.320 e. The fraction of sp³-hybridized carbons (Fsp3) is 0.778. The molecule has 0 fully saturated rings. The van der Waals surface area contributed by atoms with E-state index in [1.165, 1.54) is 0 Å². The Morgan fingerprint density at radius 3 is 2.27 bits per heavy atom. The van der Waals surface area contributed by atoms with Crippen LogP contribution in [0.15, 0.2) is 0 Å². The Labute approximate surface area is 95.6 Å². The second-order valence-electron chi connectivity index (χ2n) is 3.44. The molecule has 5 nitrogen and oxygen atoms in total. The van der Waals surface area contributed by atoms with Gasteiger partial charge in [-0.05, 0) is 12.3 Å². The van der Waals surface area contributed by atoms with Gasteiger partial charge in [-0.15, -0.1) is 12.4 Å². The highest BCUT2D eigenvalue weighted by atomic mass is 35.5. The van der Waals surface area contributed by atoms with Crippen LogP contribution in [0.3, 0.4) is 0 Å². The van der Waals surface area contributed by atoms with E-state index in [1.807, 2.05) is 6.92 Å². The monoisotopic (exact) mass is 238 g/mol. The fourth-order valence-corrected chi connectivity index (χ4v) is 1.33. The van der Waals surface area contributed by atoms with Gasteiger partial charge in [0.1, 0.15) is 6.04 Å². The van der Waals surface area contributed by atoms with Crippen LogP contribution in [-0.4, -0.2) is 23.0 Å². The van der Waals surface area contributed by atoms with Crippen molar-refractivity contribution in [3.8, 4) is 0 Å². The van der Waals surface area contributed by atoms with Crippen molar-refractivity contribution in [1.29, 1.82) is 0 Å². The minimum atomic E-state index is -1.08. The van der Waals surface area contributed by atoms with Crippen molar-refractivity contribution in [1.82, 2.24) is 0 Å². The first-order valence-corrected chi connectivity index (χ1v) is 4.75. The van der Waals surface area contributed by atoms with Crippen molar-refractivity contribution in [3.05, 3.63) is 0 Å². The van der Waals surface area contributed by atoms with Gasteiger partial charge < -0.3 is 16.6 Å². The number of hydrogen-bond donors (Lipinski definition) is 3. The number of unbranched alkanes of at least 4 members (excludes halogenated alkanes) is 1. The molecule has 0 rings (SSSR count). The van der Waals surface area contributed by atoms with Crippen LogP contribution in [-0.2, 0) is 9.59 Å². The topological polar surface area (TPSA) is 106 Å². The average Bonchev–Trinajstić information content (AvgIpc) is 2.10. The van der Waals surface area contributed by atoms with Gasteiger partial charge in [0.2, 0.25) is 5.91 Å². The largest absolute Gasteiger partial charge is 0.480 e. The zero-order valence-electron chi connectivity index (χ0n) is 8.81. The van der Waals surface area contributed by atoms with Gasteiger partial charge in [0.05, 0.1) is 0 Å². The normalized spacial score (nSPS) is 13.7. The number of hydrogen-bond acceptors (Lipinski definition) is 3. The van der Waals surface area contributed by atoms with E-state index in [4.69, 9.17) is 16.6 Å². The third-order valence-corrected chi connectivity index (χ3v) is 2.18. The lowest BCUT2D eigenvalue weighted by atomic mass is 9.91. The van der Waals surface area contributed by atoms with Crippen LogP contribution in [0.5, 0.6) is 0 Å². The Morgan fingerprint density at radius 2 is 1.93 bits per heavy atom. The minimum absolute atomic E-state index is 0. The molecular formula is C9H19ClN2O3.